The summed E-state index contributed by atoms with van der Waals surface area (Å²) in [5.74, 6) is -1.93. The lowest BCUT2D eigenvalue weighted by Crippen LogP contribution is -2.35. The highest BCUT2D eigenvalue weighted by molar-refractivity contribution is 6.04. The zero-order valence-corrected chi connectivity index (χ0v) is 7.86. The van der Waals surface area contributed by atoms with E-state index in [4.69, 9.17) is 5.73 Å². The summed E-state index contributed by atoms with van der Waals surface area (Å²) in [6.45, 7) is 0. The number of rotatable bonds is 3. The van der Waals surface area contributed by atoms with Crippen LogP contribution in [0.15, 0.2) is 30.3 Å². The van der Waals surface area contributed by atoms with Gasteiger partial charge in [-0.15, -0.1) is 0 Å². The van der Waals surface area contributed by atoms with Crippen LogP contribution in [-0.2, 0) is 9.59 Å². The Labute approximate surface area is 82.1 Å². The largest absolute Gasteiger partial charge is 0.369 e. The van der Waals surface area contributed by atoms with Crippen molar-refractivity contribution >= 4 is 11.8 Å². The van der Waals surface area contributed by atoms with Gasteiger partial charge in [-0.25, -0.2) is 0 Å². The minimum atomic E-state index is -0.902. The zero-order valence-electron chi connectivity index (χ0n) is 7.86. The fourth-order valence-corrected chi connectivity index (χ4v) is 1.23. The van der Waals surface area contributed by atoms with Gasteiger partial charge < -0.3 is 11.1 Å². The van der Waals surface area contributed by atoms with Crippen LogP contribution in [0.5, 0.6) is 0 Å². The topological polar surface area (TPSA) is 72.2 Å². The van der Waals surface area contributed by atoms with Crippen molar-refractivity contribution in [2.75, 3.05) is 7.05 Å². The van der Waals surface area contributed by atoms with Gasteiger partial charge in [0.25, 0.3) is 0 Å². The first-order valence-corrected chi connectivity index (χ1v) is 4.22. The van der Waals surface area contributed by atoms with E-state index in [9.17, 15) is 9.59 Å². The summed E-state index contributed by atoms with van der Waals surface area (Å²) in [6.07, 6.45) is 0. The Balaban J connectivity index is 3.01. The second-order valence-corrected chi connectivity index (χ2v) is 2.86. The van der Waals surface area contributed by atoms with E-state index < -0.39 is 11.8 Å². The van der Waals surface area contributed by atoms with Crippen molar-refractivity contribution in [1.82, 2.24) is 5.32 Å². The number of hydrogen-bond acceptors (Lipinski definition) is 2. The van der Waals surface area contributed by atoms with Gasteiger partial charge in [-0.05, 0) is 5.56 Å². The van der Waals surface area contributed by atoms with Gasteiger partial charge in [0, 0.05) is 7.05 Å². The maximum atomic E-state index is 11.3. The molecule has 0 saturated carbocycles. The summed E-state index contributed by atoms with van der Waals surface area (Å²) in [5, 5.41) is 2.41. The molecule has 0 heterocycles. The van der Waals surface area contributed by atoms with E-state index in [-0.39, 0.29) is 5.91 Å². The number of likely N-dealkylation sites (N-methyl/N-ethyl adjacent to an activating group) is 1. The smallest absolute Gasteiger partial charge is 0.236 e. The molecule has 0 aliphatic heterocycles. The number of carbonyl (C=O) groups is 2. The highest BCUT2D eigenvalue weighted by Crippen LogP contribution is 2.14. The van der Waals surface area contributed by atoms with Crippen LogP contribution < -0.4 is 11.1 Å². The van der Waals surface area contributed by atoms with Crippen LogP contribution in [-0.4, -0.2) is 18.9 Å². The summed E-state index contributed by atoms with van der Waals surface area (Å²) in [7, 11) is 1.47. The molecule has 1 atom stereocenters. The van der Waals surface area contributed by atoms with Gasteiger partial charge in [0.15, 0.2) is 0 Å². The molecule has 1 aromatic rings. The second-order valence-electron chi connectivity index (χ2n) is 2.86. The molecule has 3 N–H and O–H groups in total. The van der Waals surface area contributed by atoms with E-state index in [0.29, 0.717) is 5.56 Å². The van der Waals surface area contributed by atoms with Crippen molar-refractivity contribution < 1.29 is 9.59 Å². The molecule has 0 aliphatic rings. The lowest BCUT2D eigenvalue weighted by Gasteiger charge is -2.11. The molecule has 0 aliphatic carbocycles. The Morgan fingerprint density at radius 3 is 2.29 bits per heavy atom. The molecule has 1 rings (SSSR count). The summed E-state index contributed by atoms with van der Waals surface area (Å²) < 4.78 is 0. The average molecular weight is 192 g/mol. The van der Waals surface area contributed by atoms with Crippen LogP contribution >= 0.6 is 0 Å². The van der Waals surface area contributed by atoms with Crippen molar-refractivity contribution in [1.29, 1.82) is 0 Å². The average Bonchev–Trinajstić information content (AvgIpc) is 2.19. The molecule has 0 fully saturated rings. The third-order valence-corrected chi connectivity index (χ3v) is 1.93. The zero-order chi connectivity index (χ0) is 10.6. The minimum absolute atomic E-state index is 0.385. The van der Waals surface area contributed by atoms with Gasteiger partial charge in [0.1, 0.15) is 5.92 Å². The van der Waals surface area contributed by atoms with Crippen LogP contribution in [0.25, 0.3) is 0 Å². The first-order chi connectivity index (χ1) is 6.66. The molecule has 0 spiro atoms. The molecule has 2 amide bonds. The van der Waals surface area contributed by atoms with E-state index >= 15 is 0 Å². The van der Waals surface area contributed by atoms with Gasteiger partial charge in [-0.2, -0.15) is 0 Å². The third-order valence-electron chi connectivity index (χ3n) is 1.93. The highest BCUT2D eigenvalue weighted by Gasteiger charge is 2.24. The molecule has 0 unspecified atom stereocenters. The van der Waals surface area contributed by atoms with E-state index in [1.807, 2.05) is 6.07 Å². The molecule has 0 aromatic heterocycles. The second kappa shape index (κ2) is 4.41. The Kier molecular flexibility index (Phi) is 3.23. The molecule has 4 nitrogen and oxygen atoms in total. The number of primary amides is 1. The molecule has 0 radical (unpaired) electrons. The van der Waals surface area contributed by atoms with Crippen molar-refractivity contribution in [2.45, 2.75) is 5.92 Å². The number of carbonyl (C=O) groups excluding carboxylic acids is 2. The van der Waals surface area contributed by atoms with Crippen molar-refractivity contribution in [3.63, 3.8) is 0 Å². The van der Waals surface area contributed by atoms with Gasteiger partial charge >= 0.3 is 0 Å². The Morgan fingerprint density at radius 1 is 1.29 bits per heavy atom. The summed E-state index contributed by atoms with van der Waals surface area (Å²) >= 11 is 0. The molecule has 14 heavy (non-hydrogen) atoms. The maximum Gasteiger partial charge on any atom is 0.236 e. The summed E-state index contributed by atoms with van der Waals surface area (Å²) in [4.78, 5) is 22.4. The molecule has 74 valence electrons. The fourth-order valence-electron chi connectivity index (χ4n) is 1.23. The number of benzene rings is 1. The highest BCUT2D eigenvalue weighted by atomic mass is 16.2. The molecule has 0 bridgehead atoms. The molecule has 0 saturated heterocycles. The van der Waals surface area contributed by atoms with Gasteiger partial charge in [-0.1, -0.05) is 30.3 Å². The lowest BCUT2D eigenvalue weighted by molar-refractivity contribution is -0.129. The Hall–Kier alpha value is -1.84. The van der Waals surface area contributed by atoms with Crippen LogP contribution in [0.4, 0.5) is 0 Å². The predicted octanol–water partition coefficient (Wildman–Crippen LogP) is 0.00150. The minimum Gasteiger partial charge on any atom is -0.369 e. The predicted molar refractivity (Wildman–Crippen MR) is 52.4 cm³/mol. The fraction of sp³-hybridized carbons (Fsp3) is 0.200. The quantitative estimate of drug-likeness (QED) is 0.662. The molecular formula is C10H12N2O2. The monoisotopic (exact) mass is 192 g/mol. The van der Waals surface area contributed by atoms with Crippen molar-refractivity contribution in [3.8, 4) is 0 Å². The normalized spacial score (nSPS) is 11.8. The van der Waals surface area contributed by atoms with E-state index in [1.165, 1.54) is 7.05 Å². The molecular weight excluding hydrogens is 180 g/mol. The Morgan fingerprint density at radius 2 is 1.86 bits per heavy atom. The summed E-state index contributed by atoms with van der Waals surface area (Å²) in [6, 6.07) is 8.73. The van der Waals surface area contributed by atoms with E-state index in [1.54, 1.807) is 24.3 Å². The number of nitrogens with two attached hydrogens (primary N) is 1. The third kappa shape index (κ3) is 2.10. The van der Waals surface area contributed by atoms with E-state index in [0.717, 1.165) is 0 Å². The van der Waals surface area contributed by atoms with Gasteiger partial charge in [0.05, 0.1) is 0 Å². The van der Waals surface area contributed by atoms with Crippen LogP contribution in [0, 0.1) is 0 Å². The van der Waals surface area contributed by atoms with Gasteiger partial charge in [0.2, 0.25) is 11.8 Å². The van der Waals surface area contributed by atoms with Crippen LogP contribution in [0.1, 0.15) is 11.5 Å². The van der Waals surface area contributed by atoms with Crippen molar-refractivity contribution in [2.24, 2.45) is 5.73 Å². The van der Waals surface area contributed by atoms with Crippen LogP contribution in [0.3, 0.4) is 0 Å². The Bertz CT molecular complexity index is 335. The molecule has 1 aromatic carbocycles. The number of nitrogens with one attached hydrogen (secondary N) is 1. The standard InChI is InChI=1S/C10H12N2O2/c1-12-10(14)8(9(11)13)7-5-3-2-4-6-7/h2-6,8H,1H3,(H2,11,13)(H,12,14)/t8-/m1/s1. The molecule has 4 heteroatoms. The van der Waals surface area contributed by atoms with Gasteiger partial charge in [-0.3, -0.25) is 9.59 Å². The van der Waals surface area contributed by atoms with Crippen molar-refractivity contribution in [3.05, 3.63) is 35.9 Å². The SMILES string of the molecule is CNC(=O)[C@@H](C(N)=O)c1ccccc1. The number of hydrogen-bond donors (Lipinski definition) is 2. The van der Waals surface area contributed by atoms with E-state index in [2.05, 4.69) is 5.32 Å². The maximum absolute atomic E-state index is 11.3. The van der Waals surface area contributed by atoms with Crippen LogP contribution in [0.2, 0.25) is 0 Å². The lowest BCUT2D eigenvalue weighted by atomic mass is 9.98. The summed E-state index contributed by atoms with van der Waals surface area (Å²) in [5.41, 5.74) is 5.76. The number of amides is 2. The first kappa shape index (κ1) is 10.2. The first-order valence-electron chi connectivity index (χ1n) is 4.22.